The Balaban J connectivity index is 2.30. The minimum atomic E-state index is 0.843. The number of rotatable bonds is 2. The smallest absolute Gasteiger partial charge is 0.179 e. The predicted molar refractivity (Wildman–Crippen MR) is 69.7 cm³/mol. The van der Waals surface area contributed by atoms with Crippen LogP contribution in [0.1, 0.15) is 5.69 Å². The number of hydrogen-bond acceptors (Lipinski definition) is 3. The van der Waals surface area contributed by atoms with Crippen LogP contribution in [-0.2, 0) is 0 Å². The van der Waals surface area contributed by atoms with Gasteiger partial charge in [0.25, 0.3) is 0 Å². The maximum atomic E-state index is 4.55. The first-order chi connectivity index (χ1) is 8.31. The molecule has 0 radical (unpaired) electrons. The van der Waals surface area contributed by atoms with Crippen molar-refractivity contribution in [1.82, 2.24) is 20.0 Å². The van der Waals surface area contributed by atoms with Gasteiger partial charge in [-0.25, -0.2) is 4.68 Å². The number of nitrogens with zero attached hydrogens (tertiary/aromatic N) is 3. The van der Waals surface area contributed by atoms with Crippen LogP contribution in [-0.4, -0.2) is 26.2 Å². The number of aromatic nitrogens is 4. The second-order valence-electron chi connectivity index (χ2n) is 3.79. The SMILES string of the molecule is CSc1c2c(C)n[nH]c2nn1-c1ccccc1. The van der Waals surface area contributed by atoms with Crippen LogP contribution in [0.3, 0.4) is 0 Å². The fraction of sp³-hybridized carbons (Fsp3) is 0.167. The molecule has 0 saturated carbocycles. The normalized spacial score (nSPS) is 11.2. The first-order valence-corrected chi connectivity index (χ1v) is 6.57. The van der Waals surface area contributed by atoms with E-state index < -0.39 is 0 Å². The highest BCUT2D eigenvalue weighted by Crippen LogP contribution is 2.29. The van der Waals surface area contributed by atoms with Crippen molar-refractivity contribution < 1.29 is 0 Å². The molecule has 0 unspecified atom stereocenters. The predicted octanol–water partition coefficient (Wildman–Crippen LogP) is 2.78. The Morgan fingerprint density at radius 2 is 2.00 bits per heavy atom. The average Bonchev–Trinajstić information content (AvgIpc) is 2.91. The Hall–Kier alpha value is -1.75. The molecule has 0 atom stereocenters. The highest BCUT2D eigenvalue weighted by molar-refractivity contribution is 7.98. The van der Waals surface area contributed by atoms with Gasteiger partial charge in [0, 0.05) is 0 Å². The molecule has 4 nitrogen and oxygen atoms in total. The molecule has 0 aliphatic heterocycles. The average molecular weight is 244 g/mol. The Kier molecular flexibility index (Phi) is 2.40. The van der Waals surface area contributed by atoms with Crippen LogP contribution in [0.25, 0.3) is 16.7 Å². The first-order valence-electron chi connectivity index (χ1n) is 5.34. The minimum Gasteiger partial charge on any atom is -0.259 e. The molecule has 0 saturated heterocycles. The number of aryl methyl sites for hydroxylation is 1. The molecule has 17 heavy (non-hydrogen) atoms. The molecule has 5 heteroatoms. The van der Waals surface area contributed by atoms with Crippen LogP contribution in [0.15, 0.2) is 35.4 Å². The molecule has 2 aromatic heterocycles. The summed E-state index contributed by atoms with van der Waals surface area (Å²) < 4.78 is 1.96. The van der Waals surface area contributed by atoms with Crippen LogP contribution in [0.2, 0.25) is 0 Å². The standard InChI is InChI=1S/C12H12N4S/c1-8-10-11(14-13-8)15-16(12(10)17-2)9-6-4-3-5-7-9/h3-7H,1-2H3,(H,14,15). The molecule has 1 N–H and O–H groups in total. The lowest BCUT2D eigenvalue weighted by Gasteiger charge is -2.04. The van der Waals surface area contributed by atoms with Crippen LogP contribution < -0.4 is 0 Å². The van der Waals surface area contributed by atoms with E-state index in [-0.39, 0.29) is 0 Å². The molecular formula is C12H12N4S. The second kappa shape index (κ2) is 3.92. The van der Waals surface area contributed by atoms with Crippen LogP contribution in [0.5, 0.6) is 0 Å². The fourth-order valence-corrected chi connectivity index (χ4v) is 2.70. The summed E-state index contributed by atoms with van der Waals surface area (Å²) in [5, 5.41) is 13.9. The minimum absolute atomic E-state index is 0.843. The Morgan fingerprint density at radius 3 is 2.71 bits per heavy atom. The van der Waals surface area contributed by atoms with Crippen molar-refractivity contribution in [2.75, 3.05) is 6.26 Å². The lowest BCUT2D eigenvalue weighted by atomic mass is 10.3. The van der Waals surface area contributed by atoms with Gasteiger partial charge in [-0.05, 0) is 25.3 Å². The molecule has 0 aliphatic rings. The van der Waals surface area contributed by atoms with Gasteiger partial charge >= 0.3 is 0 Å². The maximum absolute atomic E-state index is 4.55. The number of para-hydroxylation sites is 1. The van der Waals surface area contributed by atoms with Gasteiger partial charge < -0.3 is 0 Å². The number of nitrogens with one attached hydrogen (secondary N) is 1. The van der Waals surface area contributed by atoms with E-state index in [1.807, 2.05) is 41.9 Å². The Bertz CT molecular complexity index is 654. The topological polar surface area (TPSA) is 46.5 Å². The number of H-pyrrole nitrogens is 1. The largest absolute Gasteiger partial charge is 0.259 e. The summed E-state index contributed by atoms with van der Waals surface area (Å²) in [5.41, 5.74) is 2.91. The van der Waals surface area contributed by atoms with E-state index in [9.17, 15) is 0 Å². The van der Waals surface area contributed by atoms with Crippen molar-refractivity contribution in [2.24, 2.45) is 0 Å². The van der Waals surface area contributed by atoms with E-state index in [0.717, 1.165) is 27.4 Å². The van der Waals surface area contributed by atoms with E-state index in [1.165, 1.54) is 0 Å². The lowest BCUT2D eigenvalue weighted by Crippen LogP contribution is -1.98. The zero-order valence-corrected chi connectivity index (χ0v) is 10.5. The number of benzene rings is 1. The molecule has 2 heterocycles. The lowest BCUT2D eigenvalue weighted by molar-refractivity contribution is 0.805. The van der Waals surface area contributed by atoms with Crippen molar-refractivity contribution >= 4 is 22.8 Å². The third-order valence-corrected chi connectivity index (χ3v) is 3.49. The van der Waals surface area contributed by atoms with Gasteiger partial charge in [-0.2, -0.15) is 5.10 Å². The second-order valence-corrected chi connectivity index (χ2v) is 4.58. The van der Waals surface area contributed by atoms with Gasteiger partial charge in [0.05, 0.1) is 16.8 Å². The first kappa shape index (κ1) is 10.4. The quantitative estimate of drug-likeness (QED) is 0.705. The third-order valence-electron chi connectivity index (χ3n) is 2.73. The third kappa shape index (κ3) is 1.54. The molecule has 0 spiro atoms. The number of thioether (sulfide) groups is 1. The monoisotopic (exact) mass is 244 g/mol. The molecular weight excluding hydrogens is 232 g/mol. The van der Waals surface area contributed by atoms with E-state index in [4.69, 9.17) is 0 Å². The highest BCUT2D eigenvalue weighted by Gasteiger charge is 2.15. The van der Waals surface area contributed by atoms with Gasteiger partial charge in [-0.1, -0.05) is 18.2 Å². The molecule has 1 aromatic carbocycles. The van der Waals surface area contributed by atoms with Gasteiger partial charge in [0.15, 0.2) is 5.65 Å². The molecule has 0 bridgehead atoms. The fourth-order valence-electron chi connectivity index (χ4n) is 1.93. The molecule has 3 aromatic rings. The summed E-state index contributed by atoms with van der Waals surface area (Å²) in [6, 6.07) is 10.1. The van der Waals surface area contributed by atoms with E-state index in [2.05, 4.69) is 21.6 Å². The van der Waals surface area contributed by atoms with Crippen molar-refractivity contribution in [3.8, 4) is 5.69 Å². The number of fused-ring (bicyclic) bond motifs is 1. The zero-order chi connectivity index (χ0) is 11.8. The van der Waals surface area contributed by atoms with Crippen LogP contribution >= 0.6 is 11.8 Å². The summed E-state index contributed by atoms with van der Waals surface area (Å²) >= 11 is 1.69. The van der Waals surface area contributed by atoms with E-state index >= 15 is 0 Å². The molecule has 0 amide bonds. The molecule has 0 fully saturated rings. The summed E-state index contributed by atoms with van der Waals surface area (Å²) in [5.74, 6) is 0. The van der Waals surface area contributed by atoms with Crippen molar-refractivity contribution in [3.05, 3.63) is 36.0 Å². The number of aromatic amines is 1. The number of hydrogen-bond donors (Lipinski definition) is 1. The van der Waals surface area contributed by atoms with Gasteiger partial charge in [0.1, 0.15) is 5.03 Å². The summed E-state index contributed by atoms with van der Waals surface area (Å²) in [6.07, 6.45) is 2.06. The summed E-state index contributed by atoms with van der Waals surface area (Å²) in [7, 11) is 0. The van der Waals surface area contributed by atoms with Crippen LogP contribution in [0, 0.1) is 6.92 Å². The molecule has 3 rings (SSSR count). The van der Waals surface area contributed by atoms with Gasteiger partial charge in [-0.3, -0.25) is 5.10 Å². The van der Waals surface area contributed by atoms with Crippen molar-refractivity contribution in [3.63, 3.8) is 0 Å². The van der Waals surface area contributed by atoms with Crippen LogP contribution in [0.4, 0.5) is 0 Å². The van der Waals surface area contributed by atoms with E-state index in [1.54, 1.807) is 11.8 Å². The Labute approximate surface area is 103 Å². The molecule has 86 valence electrons. The highest BCUT2D eigenvalue weighted by atomic mass is 32.2. The summed E-state index contributed by atoms with van der Waals surface area (Å²) in [4.78, 5) is 0. The summed E-state index contributed by atoms with van der Waals surface area (Å²) in [6.45, 7) is 2.00. The Morgan fingerprint density at radius 1 is 1.24 bits per heavy atom. The van der Waals surface area contributed by atoms with Crippen molar-refractivity contribution in [1.29, 1.82) is 0 Å². The van der Waals surface area contributed by atoms with Gasteiger partial charge in [0.2, 0.25) is 0 Å². The van der Waals surface area contributed by atoms with Gasteiger partial charge in [-0.15, -0.1) is 16.9 Å². The van der Waals surface area contributed by atoms with E-state index in [0.29, 0.717) is 0 Å². The molecule has 0 aliphatic carbocycles. The maximum Gasteiger partial charge on any atom is 0.179 e. The zero-order valence-electron chi connectivity index (χ0n) is 9.64. The van der Waals surface area contributed by atoms with Crippen molar-refractivity contribution in [2.45, 2.75) is 11.9 Å².